The van der Waals surface area contributed by atoms with Crippen molar-refractivity contribution in [2.75, 3.05) is 5.73 Å². The number of carbonyl (C=O) groups is 2. The minimum Gasteiger partial charge on any atom is -0.480 e. The average molecular weight is 309 g/mol. The number of aromatic nitrogens is 1. The van der Waals surface area contributed by atoms with Gasteiger partial charge in [-0.3, -0.25) is 4.98 Å². The molecule has 1 rings (SSSR count). The number of nitrogen functional groups attached to an aromatic ring is 1. The van der Waals surface area contributed by atoms with Crippen molar-refractivity contribution in [3.05, 3.63) is 24.0 Å². The summed E-state index contributed by atoms with van der Waals surface area (Å²) in [5, 5.41) is 11.5. The van der Waals surface area contributed by atoms with E-state index in [9.17, 15) is 9.59 Å². The maximum absolute atomic E-state index is 11.6. The van der Waals surface area contributed by atoms with Gasteiger partial charge in [0.25, 0.3) is 0 Å². The molecule has 0 aliphatic carbocycles. The lowest BCUT2D eigenvalue weighted by atomic mass is 10.1. The Hall–Kier alpha value is -2.31. The molecule has 4 N–H and O–H groups in total. The van der Waals surface area contributed by atoms with E-state index >= 15 is 0 Å². The van der Waals surface area contributed by atoms with Crippen LogP contribution in [-0.2, 0) is 16.0 Å². The molecule has 22 heavy (non-hydrogen) atoms. The van der Waals surface area contributed by atoms with Gasteiger partial charge in [-0.15, -0.1) is 0 Å². The third kappa shape index (κ3) is 6.92. The first-order chi connectivity index (χ1) is 10.2. The Kier molecular flexibility index (Phi) is 6.15. The first kappa shape index (κ1) is 17.7. The number of hydrogen-bond acceptors (Lipinski definition) is 5. The summed E-state index contributed by atoms with van der Waals surface area (Å²) in [6.07, 6.45) is 2.30. The zero-order valence-electron chi connectivity index (χ0n) is 13.1. The van der Waals surface area contributed by atoms with E-state index in [0.717, 1.165) is 5.69 Å². The Morgan fingerprint density at radius 3 is 2.59 bits per heavy atom. The molecule has 1 heterocycles. The number of carbonyl (C=O) groups excluding carboxylic acids is 1. The number of nitrogens with zero attached hydrogens (tertiary/aromatic N) is 1. The number of ether oxygens (including phenoxy) is 1. The van der Waals surface area contributed by atoms with Crippen LogP contribution in [0.5, 0.6) is 0 Å². The summed E-state index contributed by atoms with van der Waals surface area (Å²) in [5.41, 5.74) is 6.29. The molecule has 1 aromatic rings. The zero-order valence-corrected chi connectivity index (χ0v) is 13.1. The van der Waals surface area contributed by atoms with Crippen LogP contribution in [0.2, 0.25) is 0 Å². The number of nitrogens with one attached hydrogen (secondary N) is 1. The third-order valence-electron chi connectivity index (χ3n) is 2.76. The number of anilines is 1. The van der Waals surface area contributed by atoms with E-state index in [-0.39, 0.29) is 0 Å². The minimum atomic E-state index is -1.09. The highest BCUT2D eigenvalue weighted by Gasteiger charge is 2.23. The molecule has 0 aromatic carbocycles. The fraction of sp³-hybridized carbons (Fsp3) is 0.533. The lowest BCUT2D eigenvalue weighted by Gasteiger charge is -2.22. The summed E-state index contributed by atoms with van der Waals surface area (Å²) in [5.74, 6) is -1.09. The Labute approximate surface area is 129 Å². The zero-order chi connectivity index (χ0) is 16.8. The summed E-state index contributed by atoms with van der Waals surface area (Å²) in [7, 11) is 0. The number of amides is 1. The van der Waals surface area contributed by atoms with Gasteiger partial charge < -0.3 is 20.9 Å². The fourth-order valence-electron chi connectivity index (χ4n) is 1.78. The predicted octanol–water partition coefficient (Wildman–Crippen LogP) is 1.96. The van der Waals surface area contributed by atoms with Crippen molar-refractivity contribution >= 4 is 17.7 Å². The molecule has 0 unspecified atom stereocenters. The standard InChI is InChI=1S/C15H23N3O4/c1-15(2,3)22-14(21)18-12(13(19)20)6-4-5-11-8-7-10(16)9-17-11/h7-9,12H,4-6,16H2,1-3H3,(H,18,21)(H,19,20)/t12-/m0/s1. The van der Waals surface area contributed by atoms with E-state index in [0.29, 0.717) is 24.9 Å². The highest BCUT2D eigenvalue weighted by atomic mass is 16.6. The first-order valence-corrected chi connectivity index (χ1v) is 7.10. The highest BCUT2D eigenvalue weighted by Crippen LogP contribution is 2.09. The highest BCUT2D eigenvalue weighted by molar-refractivity contribution is 5.79. The predicted molar refractivity (Wildman–Crippen MR) is 82.4 cm³/mol. The van der Waals surface area contributed by atoms with Crippen molar-refractivity contribution < 1.29 is 19.4 Å². The molecule has 1 amide bonds. The first-order valence-electron chi connectivity index (χ1n) is 7.10. The van der Waals surface area contributed by atoms with E-state index in [4.69, 9.17) is 15.6 Å². The summed E-state index contributed by atoms with van der Waals surface area (Å²) < 4.78 is 5.06. The van der Waals surface area contributed by atoms with Crippen molar-refractivity contribution in [1.82, 2.24) is 10.3 Å². The molecule has 0 fully saturated rings. The van der Waals surface area contributed by atoms with Crippen molar-refractivity contribution in [3.8, 4) is 0 Å². The molecule has 122 valence electrons. The van der Waals surface area contributed by atoms with Crippen LogP contribution in [0, 0.1) is 0 Å². The molecule has 0 saturated carbocycles. The molecule has 0 spiro atoms. The number of pyridine rings is 1. The molecule has 0 bridgehead atoms. The smallest absolute Gasteiger partial charge is 0.408 e. The molecule has 0 saturated heterocycles. The summed E-state index contributed by atoms with van der Waals surface area (Å²) in [4.78, 5) is 27.0. The Morgan fingerprint density at radius 1 is 1.41 bits per heavy atom. The van der Waals surface area contributed by atoms with Gasteiger partial charge >= 0.3 is 12.1 Å². The maximum Gasteiger partial charge on any atom is 0.408 e. The summed E-state index contributed by atoms with van der Waals surface area (Å²) in [6.45, 7) is 5.15. The van der Waals surface area contributed by atoms with Crippen molar-refractivity contribution in [1.29, 1.82) is 0 Å². The van der Waals surface area contributed by atoms with Crippen LogP contribution in [0.25, 0.3) is 0 Å². The normalized spacial score (nSPS) is 12.5. The lowest BCUT2D eigenvalue weighted by Crippen LogP contribution is -2.43. The maximum atomic E-state index is 11.6. The second-order valence-corrected chi connectivity index (χ2v) is 6.01. The van der Waals surface area contributed by atoms with Crippen LogP contribution in [-0.4, -0.2) is 33.8 Å². The van der Waals surface area contributed by atoms with Crippen LogP contribution < -0.4 is 11.1 Å². The molecular weight excluding hydrogens is 286 g/mol. The third-order valence-corrected chi connectivity index (χ3v) is 2.76. The Balaban J connectivity index is 2.46. The summed E-state index contributed by atoms with van der Waals surface area (Å²) >= 11 is 0. The molecule has 1 atom stereocenters. The lowest BCUT2D eigenvalue weighted by molar-refractivity contribution is -0.139. The van der Waals surface area contributed by atoms with E-state index in [1.54, 1.807) is 39.1 Å². The van der Waals surface area contributed by atoms with E-state index < -0.39 is 23.7 Å². The van der Waals surface area contributed by atoms with Crippen LogP contribution in [0.4, 0.5) is 10.5 Å². The van der Waals surface area contributed by atoms with Gasteiger partial charge in [0.2, 0.25) is 0 Å². The fourth-order valence-corrected chi connectivity index (χ4v) is 1.78. The van der Waals surface area contributed by atoms with Crippen LogP contribution in [0.15, 0.2) is 18.3 Å². The Bertz CT molecular complexity index is 509. The number of alkyl carbamates (subject to hydrolysis) is 1. The topological polar surface area (TPSA) is 115 Å². The van der Waals surface area contributed by atoms with Crippen LogP contribution in [0.3, 0.4) is 0 Å². The molecule has 0 aliphatic rings. The average Bonchev–Trinajstić information content (AvgIpc) is 2.37. The van der Waals surface area contributed by atoms with Gasteiger partial charge in [-0.1, -0.05) is 0 Å². The van der Waals surface area contributed by atoms with Gasteiger partial charge in [-0.2, -0.15) is 0 Å². The number of carboxylic acid groups (broad SMARTS) is 1. The largest absolute Gasteiger partial charge is 0.480 e. The van der Waals surface area contributed by atoms with Gasteiger partial charge in [0.1, 0.15) is 11.6 Å². The van der Waals surface area contributed by atoms with E-state index in [1.807, 2.05) is 0 Å². The number of nitrogens with two attached hydrogens (primary N) is 1. The molecule has 7 nitrogen and oxygen atoms in total. The molecular formula is C15H23N3O4. The van der Waals surface area contributed by atoms with Crippen molar-refractivity contribution in [2.24, 2.45) is 0 Å². The number of rotatable bonds is 6. The summed E-state index contributed by atoms with van der Waals surface area (Å²) in [6, 6.07) is 2.56. The van der Waals surface area contributed by atoms with Crippen LogP contribution in [0.1, 0.15) is 39.3 Å². The molecule has 1 aromatic heterocycles. The van der Waals surface area contributed by atoms with Gasteiger partial charge in [-0.05, 0) is 52.2 Å². The van der Waals surface area contributed by atoms with E-state index in [2.05, 4.69) is 10.3 Å². The minimum absolute atomic E-state index is 0.292. The van der Waals surface area contributed by atoms with Gasteiger partial charge in [0, 0.05) is 5.69 Å². The van der Waals surface area contributed by atoms with Crippen LogP contribution >= 0.6 is 0 Å². The number of carboxylic acids is 1. The second-order valence-electron chi connectivity index (χ2n) is 6.01. The SMILES string of the molecule is CC(C)(C)OC(=O)N[C@@H](CCCc1ccc(N)cn1)C(=O)O. The molecule has 0 radical (unpaired) electrons. The van der Waals surface area contributed by atoms with Crippen molar-refractivity contribution in [3.63, 3.8) is 0 Å². The van der Waals surface area contributed by atoms with Gasteiger partial charge in [0.05, 0.1) is 11.9 Å². The molecule has 7 heteroatoms. The number of hydrogen-bond donors (Lipinski definition) is 3. The van der Waals surface area contributed by atoms with Crippen molar-refractivity contribution in [2.45, 2.75) is 51.7 Å². The number of aryl methyl sites for hydroxylation is 1. The molecule has 0 aliphatic heterocycles. The quantitative estimate of drug-likeness (QED) is 0.740. The monoisotopic (exact) mass is 309 g/mol. The van der Waals surface area contributed by atoms with E-state index in [1.165, 1.54) is 0 Å². The Morgan fingerprint density at radius 2 is 2.09 bits per heavy atom. The van der Waals surface area contributed by atoms with Gasteiger partial charge in [-0.25, -0.2) is 9.59 Å². The second kappa shape index (κ2) is 7.63. The number of aliphatic carboxylic acids is 1. The van der Waals surface area contributed by atoms with Gasteiger partial charge in [0.15, 0.2) is 0 Å².